The minimum Gasteiger partial charge on any atom is -0.465 e. The molecule has 2 aromatic rings. The standard InChI is InChI=1S/C17H18N2O6S/c1-3-25-17(20)12-18(26(23,24)15-7-5-4-6-8-15)16-10-9-14(19(21)22)11-13(16)2/h4-11H,3,12H2,1-2H3. The Hall–Kier alpha value is -2.94. The van der Waals surface area contributed by atoms with Crippen LogP contribution >= 0.6 is 0 Å². The Morgan fingerprint density at radius 1 is 1.19 bits per heavy atom. The van der Waals surface area contributed by atoms with Crippen molar-refractivity contribution in [1.29, 1.82) is 0 Å². The van der Waals surface area contributed by atoms with Gasteiger partial charge in [-0.05, 0) is 37.6 Å². The Labute approximate surface area is 151 Å². The van der Waals surface area contributed by atoms with Crippen molar-refractivity contribution in [1.82, 2.24) is 0 Å². The van der Waals surface area contributed by atoms with Gasteiger partial charge in [0.15, 0.2) is 0 Å². The molecule has 0 atom stereocenters. The lowest BCUT2D eigenvalue weighted by molar-refractivity contribution is -0.384. The molecule has 2 aromatic carbocycles. The number of aryl methyl sites for hydroxylation is 1. The van der Waals surface area contributed by atoms with Crippen molar-refractivity contribution in [2.24, 2.45) is 0 Å². The molecule has 26 heavy (non-hydrogen) atoms. The van der Waals surface area contributed by atoms with Crippen molar-refractivity contribution in [3.05, 3.63) is 64.2 Å². The van der Waals surface area contributed by atoms with Crippen LogP contribution in [0.3, 0.4) is 0 Å². The van der Waals surface area contributed by atoms with E-state index in [0.717, 1.165) is 4.31 Å². The molecule has 0 unspecified atom stereocenters. The molecule has 0 fully saturated rings. The minimum absolute atomic E-state index is 0.00190. The van der Waals surface area contributed by atoms with Crippen molar-refractivity contribution in [3.63, 3.8) is 0 Å². The van der Waals surface area contributed by atoms with Gasteiger partial charge in [-0.2, -0.15) is 0 Å². The normalized spacial score (nSPS) is 11.0. The average Bonchev–Trinajstić information content (AvgIpc) is 2.61. The minimum atomic E-state index is -4.06. The van der Waals surface area contributed by atoms with Crippen molar-refractivity contribution < 1.29 is 22.9 Å². The van der Waals surface area contributed by atoms with Crippen LogP contribution in [0, 0.1) is 17.0 Å². The van der Waals surface area contributed by atoms with Crippen LogP contribution < -0.4 is 4.31 Å². The van der Waals surface area contributed by atoms with Crippen LogP contribution in [0.15, 0.2) is 53.4 Å². The van der Waals surface area contributed by atoms with Gasteiger partial charge in [-0.15, -0.1) is 0 Å². The van der Waals surface area contributed by atoms with Gasteiger partial charge in [-0.25, -0.2) is 8.42 Å². The van der Waals surface area contributed by atoms with Crippen LogP contribution in [-0.2, 0) is 19.6 Å². The lowest BCUT2D eigenvalue weighted by atomic mass is 10.2. The highest BCUT2D eigenvalue weighted by molar-refractivity contribution is 7.92. The van der Waals surface area contributed by atoms with Gasteiger partial charge >= 0.3 is 5.97 Å². The van der Waals surface area contributed by atoms with Gasteiger partial charge < -0.3 is 4.74 Å². The van der Waals surface area contributed by atoms with E-state index < -0.39 is 27.5 Å². The first-order valence-electron chi connectivity index (χ1n) is 7.75. The summed E-state index contributed by atoms with van der Waals surface area (Å²) in [5, 5.41) is 10.9. The fraction of sp³-hybridized carbons (Fsp3) is 0.235. The largest absolute Gasteiger partial charge is 0.465 e. The first-order chi connectivity index (χ1) is 12.3. The second-order valence-corrected chi connectivity index (χ2v) is 7.22. The zero-order valence-electron chi connectivity index (χ0n) is 14.3. The Morgan fingerprint density at radius 2 is 1.85 bits per heavy atom. The Kier molecular flexibility index (Phi) is 5.93. The number of nitro benzene ring substituents is 1. The number of non-ortho nitro benzene ring substituents is 1. The van der Waals surface area contributed by atoms with Crippen molar-refractivity contribution in [2.75, 3.05) is 17.5 Å². The SMILES string of the molecule is CCOC(=O)CN(c1ccc([N+](=O)[O-])cc1C)S(=O)(=O)c1ccccc1. The van der Waals surface area contributed by atoms with E-state index in [1.54, 1.807) is 32.0 Å². The molecule has 9 heteroatoms. The van der Waals surface area contributed by atoms with Gasteiger partial charge in [0.05, 0.1) is 22.1 Å². The van der Waals surface area contributed by atoms with Gasteiger partial charge in [0.2, 0.25) is 0 Å². The van der Waals surface area contributed by atoms with E-state index in [-0.39, 0.29) is 22.9 Å². The Morgan fingerprint density at radius 3 is 2.38 bits per heavy atom. The van der Waals surface area contributed by atoms with Crippen molar-refractivity contribution >= 4 is 27.4 Å². The molecule has 0 bridgehead atoms. The summed E-state index contributed by atoms with van der Waals surface area (Å²) in [5.74, 6) is -0.718. The highest BCUT2D eigenvalue weighted by Crippen LogP contribution is 2.29. The molecule has 0 amide bonds. The van der Waals surface area contributed by atoms with Crippen molar-refractivity contribution in [3.8, 4) is 0 Å². The van der Waals surface area contributed by atoms with E-state index >= 15 is 0 Å². The summed E-state index contributed by atoms with van der Waals surface area (Å²) in [5.41, 5.74) is 0.356. The van der Waals surface area contributed by atoms with Gasteiger partial charge in [0, 0.05) is 12.1 Å². The molecule has 138 valence electrons. The number of nitro groups is 1. The molecule has 2 rings (SSSR count). The molecule has 0 aliphatic rings. The molecule has 0 spiro atoms. The van der Waals surface area contributed by atoms with E-state index in [1.165, 1.54) is 30.3 Å². The lowest BCUT2D eigenvalue weighted by Gasteiger charge is -2.25. The van der Waals surface area contributed by atoms with Gasteiger partial charge in [0.25, 0.3) is 15.7 Å². The van der Waals surface area contributed by atoms with E-state index in [2.05, 4.69) is 0 Å². The van der Waals surface area contributed by atoms with Crippen LogP contribution in [0.4, 0.5) is 11.4 Å². The summed E-state index contributed by atoms with van der Waals surface area (Å²) in [6, 6.07) is 11.4. The number of sulfonamides is 1. The molecule has 0 saturated heterocycles. The molecule has 0 heterocycles. The fourth-order valence-corrected chi connectivity index (χ4v) is 3.87. The number of hydrogen-bond acceptors (Lipinski definition) is 6. The number of rotatable bonds is 7. The Bertz CT molecular complexity index is 912. The summed E-state index contributed by atoms with van der Waals surface area (Å²) in [6.07, 6.45) is 0. The summed E-state index contributed by atoms with van der Waals surface area (Å²) in [4.78, 5) is 22.3. The molecule has 0 saturated carbocycles. The maximum atomic E-state index is 13.0. The van der Waals surface area contributed by atoms with Gasteiger partial charge in [0.1, 0.15) is 6.54 Å². The third-order valence-corrected chi connectivity index (χ3v) is 5.34. The molecular formula is C17H18N2O6S. The molecule has 0 aliphatic heterocycles. The van der Waals surface area contributed by atoms with E-state index in [1.807, 2.05) is 0 Å². The third-order valence-electron chi connectivity index (χ3n) is 3.57. The quantitative estimate of drug-likeness (QED) is 0.416. The zero-order valence-corrected chi connectivity index (χ0v) is 15.1. The van der Waals surface area contributed by atoms with E-state index in [0.29, 0.717) is 5.56 Å². The lowest BCUT2D eigenvalue weighted by Crippen LogP contribution is -2.37. The first-order valence-corrected chi connectivity index (χ1v) is 9.19. The van der Waals surface area contributed by atoms with Gasteiger partial charge in [-0.1, -0.05) is 18.2 Å². The second kappa shape index (κ2) is 7.96. The smallest absolute Gasteiger partial charge is 0.326 e. The first kappa shape index (κ1) is 19.4. The topological polar surface area (TPSA) is 107 Å². The maximum absolute atomic E-state index is 13.0. The molecule has 0 radical (unpaired) electrons. The molecule has 8 nitrogen and oxygen atoms in total. The fourth-order valence-electron chi connectivity index (χ4n) is 2.38. The summed E-state index contributed by atoms with van der Waals surface area (Å²) < 4.78 is 31.8. The van der Waals surface area contributed by atoms with Crippen LogP contribution in [0.5, 0.6) is 0 Å². The number of hydrogen-bond donors (Lipinski definition) is 0. The number of carbonyl (C=O) groups is 1. The van der Waals surface area contributed by atoms with Crippen molar-refractivity contribution in [2.45, 2.75) is 18.7 Å². The van der Waals surface area contributed by atoms with E-state index in [4.69, 9.17) is 4.74 Å². The number of carbonyl (C=O) groups excluding carboxylic acids is 1. The summed E-state index contributed by atoms with van der Waals surface area (Å²) in [6.45, 7) is 2.73. The molecule has 0 aromatic heterocycles. The molecule has 0 N–H and O–H groups in total. The molecular weight excluding hydrogens is 360 g/mol. The highest BCUT2D eigenvalue weighted by Gasteiger charge is 2.29. The summed E-state index contributed by atoms with van der Waals surface area (Å²) >= 11 is 0. The van der Waals surface area contributed by atoms with Crippen LogP contribution in [0.1, 0.15) is 12.5 Å². The highest BCUT2D eigenvalue weighted by atomic mass is 32.2. The predicted octanol–water partition coefficient (Wildman–Crippen LogP) is 2.66. The summed E-state index contributed by atoms with van der Waals surface area (Å²) in [7, 11) is -4.06. The van der Waals surface area contributed by atoms with Crippen LogP contribution in [0.2, 0.25) is 0 Å². The number of esters is 1. The zero-order chi connectivity index (χ0) is 19.3. The number of nitrogens with zero attached hydrogens (tertiary/aromatic N) is 2. The van der Waals surface area contributed by atoms with Crippen LogP contribution in [0.25, 0.3) is 0 Å². The maximum Gasteiger partial charge on any atom is 0.326 e. The number of benzene rings is 2. The van der Waals surface area contributed by atoms with Gasteiger partial charge in [-0.3, -0.25) is 19.2 Å². The monoisotopic (exact) mass is 378 g/mol. The number of anilines is 1. The predicted molar refractivity (Wildman–Crippen MR) is 95.4 cm³/mol. The second-order valence-electron chi connectivity index (χ2n) is 5.36. The molecule has 0 aliphatic carbocycles. The average molecular weight is 378 g/mol. The third kappa shape index (κ3) is 4.17. The number of ether oxygens (including phenoxy) is 1. The van der Waals surface area contributed by atoms with E-state index in [9.17, 15) is 23.3 Å². The van der Waals surface area contributed by atoms with Crippen LogP contribution in [-0.4, -0.2) is 32.5 Å². The Balaban J connectivity index is 2.55.